The molecule has 1 unspecified atom stereocenters. The van der Waals surface area contributed by atoms with Crippen LogP contribution in [-0.4, -0.2) is 52.1 Å². The lowest BCUT2D eigenvalue weighted by atomic mass is 9.93. The van der Waals surface area contributed by atoms with Crippen LogP contribution in [-0.2, 0) is 35.8 Å². The number of aryl methyl sites for hydroxylation is 1. The van der Waals surface area contributed by atoms with E-state index in [0.29, 0.717) is 18.7 Å². The van der Waals surface area contributed by atoms with E-state index in [4.69, 9.17) is 18.0 Å². The molecule has 1 aromatic heterocycles. The van der Waals surface area contributed by atoms with Gasteiger partial charge in [0.05, 0.1) is 13.2 Å². The normalized spacial score (nSPS) is 24.1. The van der Waals surface area contributed by atoms with Crippen LogP contribution in [0.1, 0.15) is 113 Å². The first-order valence-electron chi connectivity index (χ1n) is 17.3. The Balaban J connectivity index is 1.80. The first-order valence-corrected chi connectivity index (χ1v) is 21.2. The largest absolute Gasteiger partial charge is 0.403 e. The molecule has 0 spiro atoms. The van der Waals surface area contributed by atoms with Crippen LogP contribution in [0.15, 0.2) is 47.4 Å². The first kappa shape index (κ1) is 36.9. The maximum absolute atomic E-state index is 14.8. The summed E-state index contributed by atoms with van der Waals surface area (Å²) in [6, 6.07) is 11.6. The number of benzene rings is 1. The van der Waals surface area contributed by atoms with Gasteiger partial charge in [-0.1, -0.05) is 114 Å². The lowest BCUT2D eigenvalue weighted by Crippen LogP contribution is -2.71. The number of nitrogens with zero attached hydrogens (tertiary/aromatic N) is 1. The topological polar surface area (TPSA) is 76.0 Å². The Bertz CT molecular complexity index is 1380. The molecule has 0 N–H and O–H groups in total. The zero-order chi connectivity index (χ0) is 34.4. The molecular weight excluding hydrogens is 611 g/mol. The van der Waals surface area contributed by atoms with E-state index < -0.39 is 41.3 Å². The summed E-state index contributed by atoms with van der Waals surface area (Å²) in [5.74, 6) is -0.134. The maximum atomic E-state index is 14.8. The number of ether oxygens (including phenoxy) is 1. The molecule has 256 valence electrons. The number of fused-ring (bicyclic) bond motifs is 1. The van der Waals surface area contributed by atoms with Crippen molar-refractivity contribution in [3.05, 3.63) is 69.6 Å². The molecule has 0 amide bonds. The second-order valence-corrected chi connectivity index (χ2v) is 26.6. The number of hydrogen-bond acceptors (Lipinski definition) is 6. The van der Waals surface area contributed by atoms with Gasteiger partial charge in [0.2, 0.25) is 8.32 Å². The zero-order valence-corrected chi connectivity index (χ0v) is 32.6. The van der Waals surface area contributed by atoms with Crippen molar-refractivity contribution in [2.24, 2.45) is 0 Å². The number of Topliss-reactive ketones (excluding diaryl/α,β-unsaturated/α-hetero) is 1. The van der Waals surface area contributed by atoms with Gasteiger partial charge in [-0.05, 0) is 40.2 Å². The molecule has 2 saturated heterocycles. The van der Waals surface area contributed by atoms with Crippen LogP contribution < -0.4 is 5.56 Å². The van der Waals surface area contributed by atoms with Gasteiger partial charge in [-0.25, -0.2) is 0 Å². The van der Waals surface area contributed by atoms with Gasteiger partial charge in [0.1, 0.15) is 24.4 Å². The van der Waals surface area contributed by atoms with E-state index in [1.807, 2.05) is 0 Å². The highest BCUT2D eigenvalue weighted by atomic mass is 28.4. The molecule has 1 aromatic carbocycles. The number of carbonyl (C=O) groups is 1. The van der Waals surface area contributed by atoms with E-state index in [0.717, 1.165) is 12.0 Å². The van der Waals surface area contributed by atoms with Gasteiger partial charge in [-0.2, -0.15) is 0 Å². The van der Waals surface area contributed by atoms with E-state index in [1.54, 1.807) is 16.8 Å². The van der Waals surface area contributed by atoms with Crippen molar-refractivity contribution in [2.75, 3.05) is 6.61 Å². The summed E-state index contributed by atoms with van der Waals surface area (Å²) in [5.41, 5.74) is 3.65. The Morgan fingerprint density at radius 3 is 1.91 bits per heavy atom. The second-order valence-electron chi connectivity index (χ2n) is 16.4. The van der Waals surface area contributed by atoms with Gasteiger partial charge in [0.15, 0.2) is 5.78 Å². The highest BCUT2D eigenvalue weighted by molar-refractivity contribution is 6.78. The third-order valence-corrected chi connectivity index (χ3v) is 21.6. The standard InChI is InChI=1S/C37H59NO6Si2/c1-14-27-15-17-28(18-16-27)21-38-22-29(19-20-31(38)39)33-32(40)35(43-45(24(2)3,25(4)5)26(6)7)34-30(42-33)23-41-46(44-34,36(8,9)10)37(11,12)13/h15-20,22,24-26,30,33-35H,14,21,23H2,1-13H3/t30-,33?,34-,35-/m1/s1. The van der Waals surface area contributed by atoms with Crippen LogP contribution in [0.3, 0.4) is 0 Å². The molecule has 2 aliphatic heterocycles. The summed E-state index contributed by atoms with van der Waals surface area (Å²) >= 11 is 0. The molecule has 3 heterocycles. The molecule has 2 fully saturated rings. The van der Waals surface area contributed by atoms with Crippen LogP contribution in [0.2, 0.25) is 26.7 Å². The highest BCUT2D eigenvalue weighted by Gasteiger charge is 2.65. The molecule has 4 atom stereocenters. The molecule has 0 aliphatic carbocycles. The lowest BCUT2D eigenvalue weighted by Gasteiger charge is -2.58. The minimum absolute atomic E-state index is 0.126. The van der Waals surface area contributed by atoms with Crippen molar-refractivity contribution in [3.63, 3.8) is 0 Å². The Kier molecular flexibility index (Phi) is 10.9. The van der Waals surface area contributed by atoms with E-state index in [-0.39, 0.29) is 38.0 Å². The fourth-order valence-corrected chi connectivity index (χ4v) is 18.8. The third-order valence-electron chi connectivity index (χ3n) is 10.4. The molecule has 7 nitrogen and oxygen atoms in total. The van der Waals surface area contributed by atoms with Crippen molar-refractivity contribution in [2.45, 2.75) is 154 Å². The van der Waals surface area contributed by atoms with Crippen LogP contribution >= 0.6 is 0 Å². The molecule has 2 aliphatic rings. The first-order chi connectivity index (χ1) is 21.3. The molecule has 9 heteroatoms. The van der Waals surface area contributed by atoms with Crippen LogP contribution in [0.25, 0.3) is 0 Å². The van der Waals surface area contributed by atoms with Gasteiger partial charge in [0, 0.05) is 27.9 Å². The number of pyridine rings is 1. The number of aromatic nitrogens is 1. The van der Waals surface area contributed by atoms with Gasteiger partial charge >= 0.3 is 8.56 Å². The number of ketones is 1. The zero-order valence-electron chi connectivity index (χ0n) is 30.6. The van der Waals surface area contributed by atoms with E-state index >= 15 is 0 Å². The second kappa shape index (κ2) is 13.6. The molecule has 4 rings (SSSR count). The molecule has 46 heavy (non-hydrogen) atoms. The fraction of sp³-hybridized carbons (Fsp3) is 0.676. The average Bonchev–Trinajstić information content (AvgIpc) is 2.96. The number of carbonyl (C=O) groups excluding carboxylic acids is 1. The Morgan fingerprint density at radius 2 is 1.41 bits per heavy atom. The Morgan fingerprint density at radius 1 is 0.870 bits per heavy atom. The molecule has 2 aromatic rings. The van der Waals surface area contributed by atoms with Gasteiger partial charge in [-0.15, -0.1) is 0 Å². The molecule has 0 bridgehead atoms. The van der Waals surface area contributed by atoms with E-state index in [9.17, 15) is 9.59 Å². The predicted molar refractivity (Wildman–Crippen MR) is 190 cm³/mol. The van der Waals surface area contributed by atoms with Crippen molar-refractivity contribution >= 4 is 22.7 Å². The van der Waals surface area contributed by atoms with Crippen molar-refractivity contribution < 1.29 is 22.8 Å². The summed E-state index contributed by atoms with van der Waals surface area (Å²) in [6.07, 6.45) is -0.0252. The van der Waals surface area contributed by atoms with E-state index in [1.165, 1.54) is 11.6 Å². The summed E-state index contributed by atoms with van der Waals surface area (Å²) < 4.78 is 29.7. The smallest absolute Gasteiger partial charge is 0.349 e. The molecule has 0 saturated carbocycles. The number of rotatable bonds is 9. The maximum Gasteiger partial charge on any atom is 0.349 e. The average molecular weight is 670 g/mol. The fourth-order valence-electron chi connectivity index (χ4n) is 8.34. The quantitative estimate of drug-likeness (QED) is 0.249. The summed E-state index contributed by atoms with van der Waals surface area (Å²) in [7, 11) is -5.45. The predicted octanol–water partition coefficient (Wildman–Crippen LogP) is 8.49. The van der Waals surface area contributed by atoms with Crippen LogP contribution in [0, 0.1) is 0 Å². The number of hydrogen-bond donors (Lipinski definition) is 0. The minimum atomic E-state index is -2.93. The van der Waals surface area contributed by atoms with Gasteiger partial charge < -0.3 is 22.6 Å². The Hall–Kier alpha value is -1.89. The van der Waals surface area contributed by atoms with Gasteiger partial charge in [-0.3, -0.25) is 9.59 Å². The van der Waals surface area contributed by atoms with Crippen molar-refractivity contribution in [3.8, 4) is 0 Å². The summed E-state index contributed by atoms with van der Waals surface area (Å²) in [4.78, 5) is 27.9. The molecule has 0 radical (unpaired) electrons. The van der Waals surface area contributed by atoms with Crippen LogP contribution in [0.4, 0.5) is 0 Å². The molecular formula is C37H59NO6Si2. The third kappa shape index (κ3) is 6.70. The lowest BCUT2D eigenvalue weighted by molar-refractivity contribution is -0.200. The Labute approximate surface area is 279 Å². The van der Waals surface area contributed by atoms with E-state index in [2.05, 4.69) is 114 Å². The minimum Gasteiger partial charge on any atom is -0.403 e. The highest BCUT2D eigenvalue weighted by Crippen LogP contribution is 2.56. The van der Waals surface area contributed by atoms with Gasteiger partial charge in [0.25, 0.3) is 5.56 Å². The summed E-state index contributed by atoms with van der Waals surface area (Å²) in [6.45, 7) is 29.4. The SMILES string of the molecule is CCc1ccc(Cn2cc(C3O[C@@H]4CO[Si](C(C)(C)C)(C(C)(C)C)O[C@H]4[C@H](O[Si](C(C)C)(C(C)C)C(C)C)C3=O)ccc2=O)cc1. The van der Waals surface area contributed by atoms with Crippen molar-refractivity contribution in [1.29, 1.82) is 0 Å². The monoisotopic (exact) mass is 669 g/mol. The van der Waals surface area contributed by atoms with Crippen LogP contribution in [0.5, 0.6) is 0 Å². The van der Waals surface area contributed by atoms with Crippen molar-refractivity contribution in [1.82, 2.24) is 4.57 Å². The summed E-state index contributed by atoms with van der Waals surface area (Å²) in [5, 5.41) is -0.512.